The van der Waals surface area contributed by atoms with Gasteiger partial charge in [-0.1, -0.05) is 0 Å². The van der Waals surface area contributed by atoms with Gasteiger partial charge in [0, 0.05) is 25.2 Å². The molecule has 1 rings (SSSR count). The van der Waals surface area contributed by atoms with Gasteiger partial charge in [0.1, 0.15) is 11.7 Å². The van der Waals surface area contributed by atoms with E-state index in [1.165, 1.54) is 0 Å². The Morgan fingerprint density at radius 3 is 2.64 bits per heavy atom. The van der Waals surface area contributed by atoms with Crippen LogP contribution in [0.25, 0.3) is 0 Å². The van der Waals surface area contributed by atoms with Crippen LogP contribution in [0.5, 0.6) is 0 Å². The first kappa shape index (κ1) is 18.7. The molecule has 2 amide bonds. The van der Waals surface area contributed by atoms with Crippen molar-refractivity contribution in [2.75, 3.05) is 13.1 Å². The molecule has 7 heteroatoms. The van der Waals surface area contributed by atoms with Gasteiger partial charge in [0.15, 0.2) is 0 Å². The van der Waals surface area contributed by atoms with Crippen LogP contribution in [0.1, 0.15) is 47.0 Å². The smallest absolute Gasteiger partial charge is 0.410 e. The zero-order valence-electron chi connectivity index (χ0n) is 14.0. The number of carbonyl (C=O) groups excluding carboxylic acids is 2. The fourth-order valence-electron chi connectivity index (χ4n) is 2.55. The van der Waals surface area contributed by atoms with E-state index in [1.807, 2.05) is 27.7 Å². The molecule has 0 aromatic carbocycles. The lowest BCUT2D eigenvalue weighted by atomic mass is 10.1. The fraction of sp³-hybridized carbons (Fsp3) is 0.867. The molecule has 1 fully saturated rings. The molecule has 0 radical (unpaired) electrons. The van der Waals surface area contributed by atoms with Crippen molar-refractivity contribution in [2.24, 2.45) is 5.73 Å². The standard InChI is InChI=1S/C15H29N3O4/c1-10(17-9-12(19)13(16)20)8-11-6-5-7-18(11)14(21)22-15(2,3)4/h10-12,17,19H,5-9H2,1-4H3,(H2,16,20). The molecule has 7 nitrogen and oxygen atoms in total. The lowest BCUT2D eigenvalue weighted by Gasteiger charge is -2.30. The summed E-state index contributed by atoms with van der Waals surface area (Å²) < 4.78 is 5.43. The third kappa shape index (κ3) is 6.19. The van der Waals surface area contributed by atoms with Gasteiger partial charge in [-0.05, 0) is 47.0 Å². The third-order valence-electron chi connectivity index (χ3n) is 3.62. The van der Waals surface area contributed by atoms with Crippen LogP contribution < -0.4 is 11.1 Å². The second kappa shape index (κ2) is 7.78. The third-order valence-corrected chi connectivity index (χ3v) is 3.62. The van der Waals surface area contributed by atoms with E-state index < -0.39 is 17.6 Å². The summed E-state index contributed by atoms with van der Waals surface area (Å²) in [6.07, 6.45) is 1.17. The van der Waals surface area contributed by atoms with Crippen molar-refractivity contribution < 1.29 is 19.4 Å². The van der Waals surface area contributed by atoms with Crippen molar-refractivity contribution in [3.8, 4) is 0 Å². The van der Waals surface area contributed by atoms with Crippen LogP contribution in [-0.2, 0) is 9.53 Å². The number of aliphatic hydroxyl groups is 1. The van der Waals surface area contributed by atoms with Gasteiger partial charge >= 0.3 is 6.09 Å². The Morgan fingerprint density at radius 1 is 1.45 bits per heavy atom. The zero-order chi connectivity index (χ0) is 16.9. The minimum Gasteiger partial charge on any atom is -0.444 e. The molecule has 0 aliphatic carbocycles. The number of hydrogen-bond acceptors (Lipinski definition) is 5. The second-order valence-corrected chi connectivity index (χ2v) is 6.93. The molecule has 3 unspecified atom stereocenters. The van der Waals surface area contributed by atoms with Crippen molar-refractivity contribution in [1.29, 1.82) is 0 Å². The number of aliphatic hydroxyl groups excluding tert-OH is 1. The van der Waals surface area contributed by atoms with Crippen LogP contribution in [0.2, 0.25) is 0 Å². The van der Waals surface area contributed by atoms with Crippen molar-refractivity contribution in [1.82, 2.24) is 10.2 Å². The Morgan fingerprint density at radius 2 is 2.09 bits per heavy atom. The average Bonchev–Trinajstić information content (AvgIpc) is 2.81. The van der Waals surface area contributed by atoms with E-state index in [2.05, 4.69) is 5.32 Å². The van der Waals surface area contributed by atoms with Gasteiger partial charge < -0.3 is 25.8 Å². The number of nitrogens with one attached hydrogen (secondary N) is 1. The van der Waals surface area contributed by atoms with Crippen LogP contribution in [-0.4, -0.2) is 58.9 Å². The number of primary amides is 1. The summed E-state index contributed by atoms with van der Waals surface area (Å²) >= 11 is 0. The Bertz CT molecular complexity index is 395. The van der Waals surface area contributed by atoms with E-state index >= 15 is 0 Å². The van der Waals surface area contributed by atoms with E-state index in [-0.39, 0.29) is 24.7 Å². The van der Waals surface area contributed by atoms with Crippen LogP contribution in [0.15, 0.2) is 0 Å². The molecular formula is C15H29N3O4. The Labute approximate surface area is 132 Å². The quantitative estimate of drug-likeness (QED) is 0.666. The SMILES string of the molecule is CC(CC1CCCN1C(=O)OC(C)(C)C)NCC(O)C(N)=O. The minimum atomic E-state index is -1.19. The van der Waals surface area contributed by atoms with Crippen molar-refractivity contribution in [3.63, 3.8) is 0 Å². The normalized spacial score (nSPS) is 21.5. The van der Waals surface area contributed by atoms with Crippen LogP contribution in [0.4, 0.5) is 4.79 Å². The molecule has 22 heavy (non-hydrogen) atoms. The van der Waals surface area contributed by atoms with Gasteiger partial charge in [-0.3, -0.25) is 4.79 Å². The molecule has 4 N–H and O–H groups in total. The molecule has 0 bridgehead atoms. The van der Waals surface area contributed by atoms with E-state index in [0.29, 0.717) is 6.54 Å². The molecule has 0 aromatic rings. The zero-order valence-corrected chi connectivity index (χ0v) is 14.0. The number of hydrogen-bond donors (Lipinski definition) is 3. The lowest BCUT2D eigenvalue weighted by molar-refractivity contribution is -0.125. The number of rotatable bonds is 6. The summed E-state index contributed by atoms with van der Waals surface area (Å²) in [7, 11) is 0. The number of nitrogens with zero attached hydrogens (tertiary/aromatic N) is 1. The number of carbonyl (C=O) groups is 2. The molecule has 1 saturated heterocycles. The monoisotopic (exact) mass is 315 g/mol. The maximum Gasteiger partial charge on any atom is 0.410 e. The summed E-state index contributed by atoms with van der Waals surface area (Å²) in [6, 6.07) is 0.171. The second-order valence-electron chi connectivity index (χ2n) is 6.93. The summed E-state index contributed by atoms with van der Waals surface area (Å²) in [6.45, 7) is 8.34. The number of ether oxygens (including phenoxy) is 1. The molecule has 1 aliphatic heterocycles. The number of likely N-dealkylation sites (tertiary alicyclic amines) is 1. The van der Waals surface area contributed by atoms with Gasteiger partial charge in [-0.15, -0.1) is 0 Å². The highest BCUT2D eigenvalue weighted by Crippen LogP contribution is 2.24. The van der Waals surface area contributed by atoms with Crippen molar-refractivity contribution in [2.45, 2.75) is 70.7 Å². The summed E-state index contributed by atoms with van der Waals surface area (Å²) in [4.78, 5) is 24.8. The summed E-state index contributed by atoms with van der Waals surface area (Å²) in [5.74, 6) is -0.740. The van der Waals surface area contributed by atoms with Crippen LogP contribution in [0, 0.1) is 0 Å². The molecular weight excluding hydrogens is 286 g/mol. The molecule has 0 saturated carbocycles. The first-order valence-electron chi connectivity index (χ1n) is 7.80. The van der Waals surface area contributed by atoms with Crippen molar-refractivity contribution >= 4 is 12.0 Å². The van der Waals surface area contributed by atoms with Gasteiger partial charge in [0.2, 0.25) is 5.91 Å². The van der Waals surface area contributed by atoms with E-state index in [0.717, 1.165) is 19.3 Å². The predicted molar refractivity (Wildman–Crippen MR) is 83.2 cm³/mol. The molecule has 1 aliphatic rings. The Hall–Kier alpha value is -1.34. The maximum atomic E-state index is 12.2. The van der Waals surface area contributed by atoms with Gasteiger partial charge in [-0.25, -0.2) is 4.79 Å². The first-order chi connectivity index (χ1) is 10.1. The Balaban J connectivity index is 2.46. The predicted octanol–water partition coefficient (Wildman–Crippen LogP) is 0.600. The van der Waals surface area contributed by atoms with Crippen LogP contribution in [0.3, 0.4) is 0 Å². The average molecular weight is 315 g/mol. The van der Waals surface area contributed by atoms with Crippen molar-refractivity contribution in [3.05, 3.63) is 0 Å². The molecule has 128 valence electrons. The summed E-state index contributed by atoms with van der Waals surface area (Å²) in [5.41, 5.74) is 4.51. The van der Waals surface area contributed by atoms with Gasteiger partial charge in [-0.2, -0.15) is 0 Å². The van der Waals surface area contributed by atoms with Crippen LogP contribution >= 0.6 is 0 Å². The molecule has 0 spiro atoms. The van der Waals surface area contributed by atoms with Gasteiger partial charge in [0.05, 0.1) is 0 Å². The molecule has 1 heterocycles. The topological polar surface area (TPSA) is 105 Å². The highest BCUT2D eigenvalue weighted by molar-refractivity contribution is 5.78. The first-order valence-corrected chi connectivity index (χ1v) is 7.80. The van der Waals surface area contributed by atoms with E-state index in [1.54, 1.807) is 4.90 Å². The number of nitrogens with two attached hydrogens (primary N) is 1. The largest absolute Gasteiger partial charge is 0.444 e. The fourth-order valence-corrected chi connectivity index (χ4v) is 2.55. The minimum absolute atomic E-state index is 0.0574. The lowest BCUT2D eigenvalue weighted by Crippen LogP contribution is -2.45. The van der Waals surface area contributed by atoms with E-state index in [9.17, 15) is 14.7 Å². The van der Waals surface area contributed by atoms with Gasteiger partial charge in [0.25, 0.3) is 0 Å². The highest BCUT2D eigenvalue weighted by Gasteiger charge is 2.32. The Kier molecular flexibility index (Phi) is 6.62. The molecule has 3 atom stereocenters. The highest BCUT2D eigenvalue weighted by atomic mass is 16.6. The maximum absolute atomic E-state index is 12.2. The summed E-state index contributed by atoms with van der Waals surface area (Å²) in [5, 5.41) is 12.5. The van der Waals surface area contributed by atoms with E-state index in [4.69, 9.17) is 10.5 Å². The number of amides is 2. The molecule has 0 aromatic heterocycles.